The van der Waals surface area contributed by atoms with Crippen molar-refractivity contribution < 1.29 is 4.79 Å². The highest BCUT2D eigenvalue weighted by Gasteiger charge is 2.47. The Morgan fingerprint density at radius 1 is 1.14 bits per heavy atom. The molecule has 0 aromatic heterocycles. The summed E-state index contributed by atoms with van der Waals surface area (Å²) in [5, 5.41) is 0. The minimum atomic E-state index is 0.0954. The van der Waals surface area contributed by atoms with E-state index in [-0.39, 0.29) is 11.4 Å². The van der Waals surface area contributed by atoms with E-state index in [1.54, 1.807) is 4.90 Å². The van der Waals surface area contributed by atoms with Crippen molar-refractivity contribution in [3.63, 3.8) is 0 Å². The summed E-state index contributed by atoms with van der Waals surface area (Å²) >= 11 is 0. The third-order valence-corrected chi connectivity index (χ3v) is 8.48. The van der Waals surface area contributed by atoms with Crippen molar-refractivity contribution in [2.24, 2.45) is 16.3 Å². The zero-order chi connectivity index (χ0) is 27.2. The van der Waals surface area contributed by atoms with Crippen LogP contribution in [0.3, 0.4) is 0 Å². The zero-order valence-corrected chi connectivity index (χ0v) is 24.8. The molecule has 206 valence electrons. The lowest BCUT2D eigenvalue weighted by molar-refractivity contribution is 0.108. The molecule has 0 saturated carbocycles. The zero-order valence-electron chi connectivity index (χ0n) is 24.8. The Morgan fingerprint density at radius 3 is 2.46 bits per heavy atom. The van der Waals surface area contributed by atoms with Crippen molar-refractivity contribution in [3.8, 4) is 0 Å². The molecule has 3 aliphatic heterocycles. The van der Waals surface area contributed by atoms with E-state index in [4.69, 9.17) is 0 Å². The van der Waals surface area contributed by atoms with Crippen LogP contribution in [-0.4, -0.2) is 91.3 Å². The van der Waals surface area contributed by atoms with Crippen molar-refractivity contribution in [1.82, 2.24) is 19.6 Å². The number of allylic oxidation sites excluding steroid dienone is 6. The molecule has 1 unspecified atom stereocenters. The minimum absolute atomic E-state index is 0.0954. The molecule has 37 heavy (non-hydrogen) atoms. The summed E-state index contributed by atoms with van der Waals surface area (Å²) in [4.78, 5) is 26.6. The topological polar surface area (TPSA) is 42.4 Å². The monoisotopic (exact) mass is 509 g/mol. The number of carbonyl (C=O) groups is 1. The third-order valence-electron chi connectivity index (χ3n) is 8.48. The molecule has 4 rings (SSSR count). The molecular formula is C31H51N5O. The fourth-order valence-corrected chi connectivity index (χ4v) is 5.97. The van der Waals surface area contributed by atoms with Gasteiger partial charge in [-0.1, -0.05) is 37.6 Å². The van der Waals surface area contributed by atoms with Gasteiger partial charge in [-0.2, -0.15) is 0 Å². The normalized spacial score (nSPS) is 24.2. The number of hydrogen-bond acceptors (Lipinski definition) is 4. The Kier molecular flexibility index (Phi) is 10.4. The molecule has 0 bridgehead atoms. The van der Waals surface area contributed by atoms with Gasteiger partial charge in [0.15, 0.2) is 0 Å². The number of likely N-dealkylation sites (tertiary alicyclic amines) is 2. The van der Waals surface area contributed by atoms with Crippen molar-refractivity contribution >= 4 is 12.2 Å². The molecular weight excluding hydrogens is 458 g/mol. The van der Waals surface area contributed by atoms with E-state index in [1.807, 2.05) is 32.8 Å². The van der Waals surface area contributed by atoms with Gasteiger partial charge in [-0.05, 0) is 90.6 Å². The van der Waals surface area contributed by atoms with Crippen molar-refractivity contribution in [2.75, 3.05) is 53.4 Å². The van der Waals surface area contributed by atoms with Crippen LogP contribution in [0.2, 0.25) is 0 Å². The maximum atomic E-state index is 13.0. The number of piperidine rings is 1. The second kappa shape index (κ2) is 13.1. The summed E-state index contributed by atoms with van der Waals surface area (Å²) in [5.74, 6) is 0.732. The van der Waals surface area contributed by atoms with Crippen LogP contribution < -0.4 is 0 Å². The summed E-state index contributed by atoms with van der Waals surface area (Å²) in [5.41, 5.74) is 5.01. The molecule has 6 nitrogen and oxygen atoms in total. The largest absolute Gasteiger partial charge is 0.330 e. The van der Waals surface area contributed by atoms with Crippen LogP contribution in [0.4, 0.5) is 4.79 Å². The van der Waals surface area contributed by atoms with Gasteiger partial charge < -0.3 is 9.80 Å². The first-order valence-electron chi connectivity index (χ1n) is 14.4. The van der Waals surface area contributed by atoms with Crippen LogP contribution in [0, 0.1) is 11.3 Å². The van der Waals surface area contributed by atoms with Gasteiger partial charge in [0, 0.05) is 62.8 Å². The van der Waals surface area contributed by atoms with Gasteiger partial charge in [0.1, 0.15) is 0 Å². The molecule has 2 saturated heterocycles. The predicted octanol–water partition coefficient (Wildman–Crippen LogP) is 5.96. The summed E-state index contributed by atoms with van der Waals surface area (Å²) in [6, 6.07) is 0.485. The summed E-state index contributed by atoms with van der Waals surface area (Å²) in [6.45, 7) is 19.2. The molecule has 4 aliphatic rings. The predicted molar refractivity (Wildman–Crippen MR) is 157 cm³/mol. The number of fused-ring (bicyclic) bond motifs is 1. The van der Waals surface area contributed by atoms with E-state index in [1.165, 1.54) is 30.7 Å². The van der Waals surface area contributed by atoms with Gasteiger partial charge >= 0.3 is 6.03 Å². The van der Waals surface area contributed by atoms with Gasteiger partial charge in [0.25, 0.3) is 0 Å². The Morgan fingerprint density at radius 2 is 1.81 bits per heavy atom. The van der Waals surface area contributed by atoms with Gasteiger partial charge in [-0.15, -0.1) is 0 Å². The van der Waals surface area contributed by atoms with Crippen LogP contribution in [0.15, 0.2) is 51.8 Å². The minimum Gasteiger partial charge on any atom is -0.330 e. The first kappa shape index (κ1) is 29.4. The molecule has 0 N–H and O–H groups in total. The molecule has 6 heteroatoms. The summed E-state index contributed by atoms with van der Waals surface area (Å²) < 4.78 is 0. The first-order valence-corrected chi connectivity index (χ1v) is 14.4. The fourth-order valence-electron chi connectivity index (χ4n) is 5.97. The average molecular weight is 510 g/mol. The van der Waals surface area contributed by atoms with Crippen LogP contribution in [0.25, 0.3) is 0 Å². The Balaban J connectivity index is 0.00000186. The Hall–Kier alpha value is -2.18. The standard InChI is InChI=1S/C29H45N5O.C2H6/c1-22(2)24(4)30-18-23(3)33-15-12-25(20-33)19-32-16-13-29(14-17-32)21-34(28(35)31(5)6)27-11-9-7-8-10-26(27)29;1-2/h8-11,18,23,25H,7,12-17,19-21H2,1-6H3;1-2H3/t23?,25-;/m1./s1. The Bertz CT molecular complexity index is 945. The lowest BCUT2D eigenvalue weighted by Gasteiger charge is -2.41. The highest BCUT2D eigenvalue weighted by atomic mass is 16.2. The molecule has 2 amide bonds. The lowest BCUT2D eigenvalue weighted by atomic mass is 9.73. The molecule has 2 atom stereocenters. The molecule has 1 aliphatic carbocycles. The van der Waals surface area contributed by atoms with Crippen molar-refractivity contribution in [3.05, 3.63) is 46.8 Å². The van der Waals surface area contributed by atoms with E-state index in [0.29, 0.717) is 6.04 Å². The maximum Gasteiger partial charge on any atom is 0.323 e. The molecule has 0 radical (unpaired) electrons. The second-order valence-corrected chi connectivity index (χ2v) is 11.4. The van der Waals surface area contributed by atoms with E-state index in [9.17, 15) is 4.79 Å². The SMILES string of the molecule is CC.CC(C)=C(C)N=CC(C)N1CC[C@H](CN2CCC3(CC2)CN(C(=O)N(C)C)C2=C3C=CCC=C2)C1. The molecule has 2 fully saturated rings. The number of aliphatic imine (C=N–C) groups is 1. The van der Waals surface area contributed by atoms with E-state index in [0.717, 1.165) is 62.8 Å². The molecule has 0 aromatic carbocycles. The van der Waals surface area contributed by atoms with E-state index < -0.39 is 0 Å². The number of urea groups is 1. The lowest BCUT2D eigenvalue weighted by Crippen LogP contribution is -2.46. The number of amides is 2. The second-order valence-electron chi connectivity index (χ2n) is 11.4. The Labute approximate surface area is 226 Å². The van der Waals surface area contributed by atoms with Gasteiger partial charge in [-0.25, -0.2) is 4.79 Å². The van der Waals surface area contributed by atoms with Crippen LogP contribution in [-0.2, 0) is 0 Å². The smallest absolute Gasteiger partial charge is 0.323 e. The summed E-state index contributed by atoms with van der Waals surface area (Å²) in [7, 11) is 3.71. The van der Waals surface area contributed by atoms with Gasteiger partial charge in [-0.3, -0.25) is 14.8 Å². The summed E-state index contributed by atoms with van der Waals surface area (Å²) in [6.07, 6.45) is 15.5. The number of rotatable bonds is 5. The highest BCUT2D eigenvalue weighted by Crippen LogP contribution is 2.48. The number of carbonyl (C=O) groups excluding carboxylic acids is 1. The van der Waals surface area contributed by atoms with E-state index >= 15 is 0 Å². The maximum absolute atomic E-state index is 13.0. The van der Waals surface area contributed by atoms with Gasteiger partial charge in [0.05, 0.1) is 0 Å². The first-order chi connectivity index (χ1) is 17.7. The van der Waals surface area contributed by atoms with Crippen LogP contribution in [0.1, 0.15) is 67.2 Å². The van der Waals surface area contributed by atoms with Crippen LogP contribution >= 0.6 is 0 Å². The quantitative estimate of drug-likeness (QED) is 0.430. The highest BCUT2D eigenvalue weighted by molar-refractivity contribution is 5.78. The van der Waals surface area contributed by atoms with Crippen molar-refractivity contribution in [1.29, 1.82) is 0 Å². The number of nitrogens with zero attached hydrogens (tertiary/aromatic N) is 5. The third kappa shape index (κ3) is 6.83. The average Bonchev–Trinajstić information content (AvgIpc) is 3.37. The number of hydrogen-bond donors (Lipinski definition) is 0. The molecule has 1 spiro atoms. The van der Waals surface area contributed by atoms with Crippen molar-refractivity contribution in [2.45, 2.75) is 73.3 Å². The fraction of sp³-hybridized carbons (Fsp3) is 0.677. The van der Waals surface area contributed by atoms with Gasteiger partial charge in [0.2, 0.25) is 0 Å². The molecule has 3 heterocycles. The van der Waals surface area contributed by atoms with E-state index in [2.05, 4.69) is 73.0 Å². The van der Waals surface area contributed by atoms with Crippen LogP contribution in [0.5, 0.6) is 0 Å². The molecule has 0 aromatic rings.